The summed E-state index contributed by atoms with van der Waals surface area (Å²) in [6, 6.07) is 0. The third-order valence-corrected chi connectivity index (χ3v) is 6.97. The lowest BCUT2D eigenvalue weighted by Crippen LogP contribution is -2.29. The SMILES string of the molecule is O=P(O)(C1CCCC1)C1(O)CCCC1. The Balaban J connectivity index is 2.17. The van der Waals surface area contributed by atoms with E-state index in [2.05, 4.69) is 0 Å². The number of hydrogen-bond acceptors (Lipinski definition) is 2. The monoisotopic (exact) mass is 218 g/mol. The van der Waals surface area contributed by atoms with E-state index in [1.165, 1.54) is 0 Å². The van der Waals surface area contributed by atoms with Crippen LogP contribution in [0.15, 0.2) is 0 Å². The van der Waals surface area contributed by atoms with Crippen LogP contribution < -0.4 is 0 Å². The van der Waals surface area contributed by atoms with E-state index >= 15 is 0 Å². The highest BCUT2D eigenvalue weighted by atomic mass is 31.2. The van der Waals surface area contributed by atoms with Crippen molar-refractivity contribution < 1.29 is 14.6 Å². The highest BCUT2D eigenvalue weighted by Gasteiger charge is 2.52. The van der Waals surface area contributed by atoms with Crippen molar-refractivity contribution >= 4 is 7.37 Å². The van der Waals surface area contributed by atoms with E-state index in [0.29, 0.717) is 12.8 Å². The van der Waals surface area contributed by atoms with Gasteiger partial charge in [0.2, 0.25) is 7.37 Å². The fourth-order valence-corrected chi connectivity index (χ4v) is 5.56. The van der Waals surface area contributed by atoms with Crippen LogP contribution in [0.25, 0.3) is 0 Å². The molecule has 2 rings (SSSR count). The van der Waals surface area contributed by atoms with Crippen LogP contribution in [-0.4, -0.2) is 21.0 Å². The molecule has 0 heterocycles. The first-order valence-electron chi connectivity index (χ1n) is 5.61. The molecular weight excluding hydrogens is 199 g/mol. The van der Waals surface area contributed by atoms with E-state index < -0.39 is 12.7 Å². The van der Waals surface area contributed by atoms with Gasteiger partial charge in [-0.25, -0.2) is 0 Å². The first-order valence-corrected chi connectivity index (χ1v) is 7.34. The number of aliphatic hydroxyl groups is 1. The Hall–Kier alpha value is 0.150. The Morgan fingerprint density at radius 2 is 1.57 bits per heavy atom. The van der Waals surface area contributed by atoms with Crippen LogP contribution >= 0.6 is 7.37 Å². The number of hydrogen-bond donors (Lipinski definition) is 2. The van der Waals surface area contributed by atoms with Crippen molar-refractivity contribution in [2.75, 3.05) is 0 Å². The molecule has 0 aromatic carbocycles. The standard InChI is InChI=1S/C10H19O3P/c11-10(7-3-4-8-10)14(12,13)9-5-1-2-6-9/h9,11H,1-8H2,(H,12,13). The smallest absolute Gasteiger partial charge is 0.234 e. The minimum atomic E-state index is -3.34. The van der Waals surface area contributed by atoms with Crippen LogP contribution in [0.2, 0.25) is 0 Å². The third kappa shape index (κ3) is 1.56. The van der Waals surface area contributed by atoms with Crippen molar-refractivity contribution in [3.63, 3.8) is 0 Å². The molecule has 0 aliphatic heterocycles. The minimum absolute atomic E-state index is 0.120. The Labute approximate surface area is 85.0 Å². The molecule has 2 saturated carbocycles. The molecule has 1 atom stereocenters. The van der Waals surface area contributed by atoms with Gasteiger partial charge in [0.1, 0.15) is 5.34 Å². The van der Waals surface area contributed by atoms with Crippen molar-refractivity contribution in [1.82, 2.24) is 0 Å². The molecule has 2 fully saturated rings. The molecule has 2 aliphatic carbocycles. The molecular formula is C10H19O3P. The molecule has 0 aromatic rings. The Kier molecular flexibility index (Phi) is 2.76. The normalized spacial score (nSPS) is 31.9. The van der Waals surface area contributed by atoms with Gasteiger partial charge in [-0.1, -0.05) is 12.8 Å². The molecule has 4 heteroatoms. The van der Waals surface area contributed by atoms with Gasteiger partial charge in [0.15, 0.2) is 0 Å². The average molecular weight is 218 g/mol. The summed E-state index contributed by atoms with van der Waals surface area (Å²) < 4.78 is 12.2. The largest absolute Gasteiger partial charge is 0.380 e. The zero-order chi connectivity index (χ0) is 10.2. The second-order valence-electron chi connectivity index (χ2n) is 4.75. The topological polar surface area (TPSA) is 57.5 Å². The molecule has 3 nitrogen and oxygen atoms in total. The lowest BCUT2D eigenvalue weighted by molar-refractivity contribution is 0.114. The van der Waals surface area contributed by atoms with Gasteiger partial charge in [0, 0.05) is 5.66 Å². The summed E-state index contributed by atoms with van der Waals surface area (Å²) in [6.07, 6.45) is 6.60. The van der Waals surface area contributed by atoms with Gasteiger partial charge in [-0.2, -0.15) is 0 Å². The fourth-order valence-electron chi connectivity index (χ4n) is 2.86. The van der Waals surface area contributed by atoms with Crippen molar-refractivity contribution in [2.45, 2.75) is 62.4 Å². The van der Waals surface area contributed by atoms with Gasteiger partial charge in [-0.15, -0.1) is 0 Å². The first-order chi connectivity index (χ1) is 6.56. The van der Waals surface area contributed by atoms with Crippen LogP contribution in [0.3, 0.4) is 0 Å². The quantitative estimate of drug-likeness (QED) is 0.700. The molecule has 2 N–H and O–H groups in total. The highest BCUT2D eigenvalue weighted by molar-refractivity contribution is 7.60. The number of rotatable bonds is 2. The summed E-state index contributed by atoms with van der Waals surface area (Å²) in [6.45, 7) is 0. The molecule has 14 heavy (non-hydrogen) atoms. The molecule has 0 amide bonds. The van der Waals surface area contributed by atoms with E-state index in [0.717, 1.165) is 38.5 Å². The Morgan fingerprint density at radius 1 is 1.07 bits per heavy atom. The Morgan fingerprint density at radius 3 is 2.07 bits per heavy atom. The summed E-state index contributed by atoms with van der Waals surface area (Å²) >= 11 is 0. The zero-order valence-corrected chi connectivity index (χ0v) is 9.38. The summed E-state index contributed by atoms with van der Waals surface area (Å²) in [5, 5.41) is 8.93. The van der Waals surface area contributed by atoms with Gasteiger partial charge in [0.05, 0.1) is 0 Å². The molecule has 0 aromatic heterocycles. The van der Waals surface area contributed by atoms with E-state index in [-0.39, 0.29) is 5.66 Å². The van der Waals surface area contributed by atoms with Crippen molar-refractivity contribution in [3.05, 3.63) is 0 Å². The average Bonchev–Trinajstić information content (AvgIpc) is 2.73. The third-order valence-electron chi connectivity index (χ3n) is 3.82. The van der Waals surface area contributed by atoms with E-state index in [9.17, 15) is 14.6 Å². The van der Waals surface area contributed by atoms with E-state index in [1.54, 1.807) is 0 Å². The van der Waals surface area contributed by atoms with E-state index in [1.807, 2.05) is 0 Å². The van der Waals surface area contributed by atoms with Crippen LogP contribution in [-0.2, 0) is 4.57 Å². The second kappa shape index (κ2) is 3.62. The van der Waals surface area contributed by atoms with Crippen LogP contribution in [0.5, 0.6) is 0 Å². The predicted molar refractivity (Wildman–Crippen MR) is 55.5 cm³/mol. The summed E-state index contributed by atoms with van der Waals surface area (Å²) in [7, 11) is -3.34. The lowest BCUT2D eigenvalue weighted by Gasteiger charge is -2.32. The predicted octanol–water partition coefficient (Wildman–Crippen LogP) is 2.46. The van der Waals surface area contributed by atoms with Crippen molar-refractivity contribution in [2.24, 2.45) is 0 Å². The van der Waals surface area contributed by atoms with Gasteiger partial charge >= 0.3 is 0 Å². The fraction of sp³-hybridized carbons (Fsp3) is 1.00. The van der Waals surface area contributed by atoms with Gasteiger partial charge in [-0.05, 0) is 38.5 Å². The summed E-state index contributed by atoms with van der Waals surface area (Å²) in [5.74, 6) is 0. The van der Waals surface area contributed by atoms with Crippen molar-refractivity contribution in [1.29, 1.82) is 0 Å². The summed E-state index contributed by atoms with van der Waals surface area (Å²) in [4.78, 5) is 10.1. The molecule has 2 aliphatic rings. The Bertz CT molecular complexity index is 252. The zero-order valence-electron chi connectivity index (χ0n) is 8.48. The van der Waals surface area contributed by atoms with Gasteiger partial charge in [0.25, 0.3) is 0 Å². The molecule has 0 saturated heterocycles. The minimum Gasteiger partial charge on any atom is -0.380 e. The summed E-state index contributed by atoms with van der Waals surface area (Å²) in [5.41, 5.74) is -0.120. The molecule has 0 radical (unpaired) electrons. The van der Waals surface area contributed by atoms with Crippen LogP contribution in [0.1, 0.15) is 51.4 Å². The van der Waals surface area contributed by atoms with Crippen LogP contribution in [0, 0.1) is 0 Å². The maximum absolute atomic E-state index is 12.2. The molecule has 1 unspecified atom stereocenters. The first kappa shape index (κ1) is 10.7. The molecule has 0 spiro atoms. The second-order valence-corrected chi connectivity index (χ2v) is 7.56. The molecule has 0 bridgehead atoms. The highest BCUT2D eigenvalue weighted by Crippen LogP contribution is 2.66. The maximum Gasteiger partial charge on any atom is 0.234 e. The van der Waals surface area contributed by atoms with Gasteiger partial charge in [-0.3, -0.25) is 4.57 Å². The maximum atomic E-state index is 12.2. The lowest BCUT2D eigenvalue weighted by atomic mass is 10.3. The van der Waals surface area contributed by atoms with Crippen molar-refractivity contribution in [3.8, 4) is 0 Å². The molecule has 82 valence electrons. The van der Waals surface area contributed by atoms with Crippen LogP contribution in [0.4, 0.5) is 0 Å². The van der Waals surface area contributed by atoms with E-state index in [4.69, 9.17) is 0 Å². The van der Waals surface area contributed by atoms with Gasteiger partial charge < -0.3 is 10.00 Å².